The zero-order valence-corrected chi connectivity index (χ0v) is 18.4. The number of thioether (sulfide) groups is 1. The SMILES string of the molecule is COc1ccc([C@H]2C[C@H]2CSc2nc([C@H](C)c3c(F)cccc3F)c(C)c(=O)[nH]2)cc1. The third kappa shape index (κ3) is 4.51. The summed E-state index contributed by atoms with van der Waals surface area (Å²) in [6.07, 6.45) is 1.08. The number of aromatic amines is 1. The van der Waals surface area contributed by atoms with Crippen molar-refractivity contribution in [3.63, 3.8) is 0 Å². The molecule has 1 aromatic heterocycles. The van der Waals surface area contributed by atoms with Crippen LogP contribution in [-0.4, -0.2) is 22.8 Å². The van der Waals surface area contributed by atoms with Gasteiger partial charge in [0.2, 0.25) is 0 Å². The summed E-state index contributed by atoms with van der Waals surface area (Å²) in [7, 11) is 1.65. The van der Waals surface area contributed by atoms with Crippen molar-refractivity contribution in [1.82, 2.24) is 9.97 Å². The topological polar surface area (TPSA) is 55.0 Å². The highest BCUT2D eigenvalue weighted by Crippen LogP contribution is 2.49. The predicted molar refractivity (Wildman–Crippen MR) is 118 cm³/mol. The highest BCUT2D eigenvalue weighted by atomic mass is 32.2. The summed E-state index contributed by atoms with van der Waals surface area (Å²) < 4.78 is 33.7. The van der Waals surface area contributed by atoms with Crippen molar-refractivity contribution in [3.8, 4) is 5.75 Å². The van der Waals surface area contributed by atoms with E-state index in [-0.39, 0.29) is 11.1 Å². The van der Waals surface area contributed by atoms with Crippen LogP contribution in [0, 0.1) is 24.5 Å². The van der Waals surface area contributed by atoms with Crippen LogP contribution in [-0.2, 0) is 0 Å². The Morgan fingerprint density at radius 1 is 1.19 bits per heavy atom. The van der Waals surface area contributed by atoms with Crippen molar-refractivity contribution in [2.75, 3.05) is 12.9 Å². The molecule has 0 radical (unpaired) electrons. The van der Waals surface area contributed by atoms with Gasteiger partial charge in [-0.2, -0.15) is 0 Å². The number of rotatable bonds is 7. The third-order valence-electron chi connectivity index (χ3n) is 5.91. The van der Waals surface area contributed by atoms with Gasteiger partial charge in [0.25, 0.3) is 5.56 Å². The van der Waals surface area contributed by atoms with Crippen LogP contribution >= 0.6 is 11.8 Å². The Hall–Kier alpha value is -2.67. The summed E-state index contributed by atoms with van der Waals surface area (Å²) in [5, 5.41) is 0.481. The molecule has 162 valence electrons. The molecule has 0 bridgehead atoms. The van der Waals surface area contributed by atoms with E-state index in [2.05, 4.69) is 22.1 Å². The molecular weight excluding hydrogens is 418 g/mol. The van der Waals surface area contributed by atoms with Crippen LogP contribution in [0.25, 0.3) is 0 Å². The number of halogens is 2. The van der Waals surface area contributed by atoms with Crippen LogP contribution in [0.2, 0.25) is 0 Å². The van der Waals surface area contributed by atoms with Gasteiger partial charge in [-0.05, 0) is 55.0 Å². The van der Waals surface area contributed by atoms with E-state index in [1.54, 1.807) is 21.0 Å². The van der Waals surface area contributed by atoms with Gasteiger partial charge in [-0.1, -0.05) is 36.9 Å². The summed E-state index contributed by atoms with van der Waals surface area (Å²) in [6, 6.07) is 11.9. The highest BCUT2D eigenvalue weighted by Gasteiger charge is 2.38. The van der Waals surface area contributed by atoms with Gasteiger partial charge in [0.05, 0.1) is 12.8 Å². The Balaban J connectivity index is 1.49. The fraction of sp³-hybridized carbons (Fsp3) is 0.333. The molecule has 1 saturated carbocycles. The van der Waals surface area contributed by atoms with Gasteiger partial charge in [0.1, 0.15) is 17.4 Å². The van der Waals surface area contributed by atoms with Crippen LogP contribution in [0.3, 0.4) is 0 Å². The Kier molecular flexibility index (Phi) is 6.14. The third-order valence-corrected chi connectivity index (χ3v) is 6.97. The van der Waals surface area contributed by atoms with Gasteiger partial charge >= 0.3 is 0 Å². The molecule has 3 aromatic rings. The summed E-state index contributed by atoms with van der Waals surface area (Å²) in [4.78, 5) is 19.8. The molecule has 0 spiro atoms. The maximum absolute atomic E-state index is 14.3. The first-order valence-corrected chi connectivity index (χ1v) is 11.2. The number of hydrogen-bond donors (Lipinski definition) is 1. The molecule has 4 rings (SSSR count). The number of H-pyrrole nitrogens is 1. The zero-order chi connectivity index (χ0) is 22.1. The molecule has 0 unspecified atom stereocenters. The van der Waals surface area contributed by atoms with Crippen LogP contribution in [0.1, 0.15) is 47.6 Å². The Bertz CT molecular complexity index is 1130. The molecular formula is C24H24F2N2O2S. The molecule has 4 nitrogen and oxygen atoms in total. The second-order valence-corrected chi connectivity index (χ2v) is 8.93. The average Bonchev–Trinajstić information content (AvgIpc) is 3.54. The van der Waals surface area contributed by atoms with E-state index in [1.807, 2.05) is 12.1 Å². The largest absolute Gasteiger partial charge is 0.497 e. The van der Waals surface area contributed by atoms with Crippen molar-refractivity contribution in [3.05, 3.63) is 86.8 Å². The fourth-order valence-electron chi connectivity index (χ4n) is 3.96. The minimum absolute atomic E-state index is 0.0681. The van der Waals surface area contributed by atoms with Gasteiger partial charge < -0.3 is 9.72 Å². The summed E-state index contributed by atoms with van der Waals surface area (Å²) >= 11 is 1.48. The van der Waals surface area contributed by atoms with Crippen molar-refractivity contribution in [2.24, 2.45) is 5.92 Å². The molecule has 31 heavy (non-hydrogen) atoms. The second kappa shape index (κ2) is 8.83. The molecule has 0 amide bonds. The molecule has 1 heterocycles. The van der Waals surface area contributed by atoms with Crippen molar-refractivity contribution in [1.29, 1.82) is 0 Å². The summed E-state index contributed by atoms with van der Waals surface area (Å²) in [5.74, 6) is 0.689. The molecule has 1 aliphatic rings. The van der Waals surface area contributed by atoms with Gasteiger partial charge in [-0.3, -0.25) is 4.79 Å². The maximum atomic E-state index is 14.3. The van der Waals surface area contributed by atoms with Gasteiger partial charge in [-0.25, -0.2) is 13.8 Å². The number of nitrogens with zero attached hydrogens (tertiary/aromatic N) is 1. The molecule has 3 atom stereocenters. The maximum Gasteiger partial charge on any atom is 0.254 e. The lowest BCUT2D eigenvalue weighted by Gasteiger charge is -2.16. The van der Waals surface area contributed by atoms with E-state index in [4.69, 9.17) is 4.74 Å². The molecule has 0 saturated heterocycles. The molecule has 1 aliphatic carbocycles. The lowest BCUT2D eigenvalue weighted by molar-refractivity contribution is 0.414. The van der Waals surface area contributed by atoms with Gasteiger partial charge in [0, 0.05) is 22.8 Å². The van der Waals surface area contributed by atoms with E-state index in [0.29, 0.717) is 28.2 Å². The Morgan fingerprint density at radius 3 is 2.52 bits per heavy atom. The average molecular weight is 443 g/mol. The van der Waals surface area contributed by atoms with Crippen LogP contribution < -0.4 is 10.3 Å². The van der Waals surface area contributed by atoms with E-state index in [9.17, 15) is 13.6 Å². The number of aromatic nitrogens is 2. The minimum atomic E-state index is -0.671. The molecule has 2 aromatic carbocycles. The monoisotopic (exact) mass is 442 g/mol. The molecule has 1 fully saturated rings. The molecule has 1 N–H and O–H groups in total. The van der Waals surface area contributed by atoms with Gasteiger partial charge in [-0.15, -0.1) is 0 Å². The molecule has 7 heteroatoms. The first-order valence-electron chi connectivity index (χ1n) is 10.2. The van der Waals surface area contributed by atoms with Crippen LogP contribution in [0.5, 0.6) is 5.75 Å². The minimum Gasteiger partial charge on any atom is -0.497 e. The smallest absolute Gasteiger partial charge is 0.254 e. The van der Waals surface area contributed by atoms with Crippen LogP contribution in [0.4, 0.5) is 8.78 Å². The number of ether oxygens (including phenoxy) is 1. The number of nitrogens with one attached hydrogen (secondary N) is 1. The standard InChI is InChI=1S/C24H24F2N2O2S/c1-13(21-19(25)5-4-6-20(21)26)22-14(2)23(29)28-24(27-22)31-12-16-11-18(16)15-7-9-17(30-3)10-8-15/h4-10,13,16,18H,11-12H2,1-3H3,(H,27,28,29)/t13-,16+,18-/m1/s1. The summed E-state index contributed by atoms with van der Waals surface area (Å²) in [5.41, 5.74) is 1.71. The first-order chi connectivity index (χ1) is 14.9. The molecule has 0 aliphatic heterocycles. The Labute approximate surface area is 184 Å². The van der Waals surface area contributed by atoms with Crippen LogP contribution in [0.15, 0.2) is 52.4 Å². The van der Waals surface area contributed by atoms with Crippen molar-refractivity contribution in [2.45, 2.75) is 37.3 Å². The van der Waals surface area contributed by atoms with E-state index >= 15 is 0 Å². The van der Waals surface area contributed by atoms with Crippen molar-refractivity contribution < 1.29 is 13.5 Å². The zero-order valence-electron chi connectivity index (χ0n) is 17.6. The fourth-order valence-corrected chi connectivity index (χ4v) is 5.02. The number of hydrogen-bond acceptors (Lipinski definition) is 4. The second-order valence-electron chi connectivity index (χ2n) is 7.92. The number of methoxy groups -OCH3 is 1. The van der Waals surface area contributed by atoms with E-state index in [0.717, 1.165) is 17.9 Å². The van der Waals surface area contributed by atoms with Crippen molar-refractivity contribution >= 4 is 11.8 Å². The first kappa shape index (κ1) is 21.6. The predicted octanol–water partition coefficient (Wildman–Crippen LogP) is 5.41. The van der Waals surface area contributed by atoms with Gasteiger partial charge in [0.15, 0.2) is 5.16 Å². The lowest BCUT2D eigenvalue weighted by Crippen LogP contribution is -2.19. The lowest BCUT2D eigenvalue weighted by atomic mass is 9.94. The van der Waals surface area contributed by atoms with E-state index < -0.39 is 17.6 Å². The highest BCUT2D eigenvalue weighted by molar-refractivity contribution is 7.99. The Morgan fingerprint density at radius 2 is 1.87 bits per heavy atom. The summed E-state index contributed by atoms with van der Waals surface area (Å²) in [6.45, 7) is 3.30. The van der Waals surface area contributed by atoms with E-state index in [1.165, 1.54) is 35.5 Å². The normalized spacial score (nSPS) is 18.6. The quantitative estimate of drug-likeness (QED) is 0.393. The number of benzene rings is 2.